The van der Waals surface area contributed by atoms with Crippen LogP contribution in [0.1, 0.15) is 32.0 Å². The lowest BCUT2D eigenvalue weighted by molar-refractivity contribution is 0.482. The zero-order valence-electron chi connectivity index (χ0n) is 7.62. The Morgan fingerprint density at radius 2 is 2.42 bits per heavy atom. The van der Waals surface area contributed by atoms with Gasteiger partial charge in [0.25, 0.3) is 0 Å². The molecule has 0 saturated carbocycles. The summed E-state index contributed by atoms with van der Waals surface area (Å²) in [7, 11) is 0. The molecule has 68 valence electrons. The van der Waals surface area contributed by atoms with Crippen molar-refractivity contribution in [3.63, 3.8) is 0 Å². The lowest BCUT2D eigenvalue weighted by Crippen LogP contribution is -2.29. The molecule has 1 atom stereocenters. The predicted octanol–water partition coefficient (Wildman–Crippen LogP) is 0.817. The van der Waals surface area contributed by atoms with Crippen molar-refractivity contribution in [1.82, 2.24) is 15.2 Å². The van der Waals surface area contributed by atoms with E-state index in [-0.39, 0.29) is 6.04 Å². The Balaban J connectivity index is 2.83. The molecule has 1 unspecified atom stereocenters. The summed E-state index contributed by atoms with van der Waals surface area (Å²) in [6.45, 7) is 5.05. The minimum absolute atomic E-state index is 0.215. The van der Waals surface area contributed by atoms with Crippen LogP contribution in [0.5, 0.6) is 0 Å². The van der Waals surface area contributed by atoms with Gasteiger partial charge in [-0.05, 0) is 19.4 Å². The molecule has 0 spiro atoms. The Morgan fingerprint density at radius 1 is 1.67 bits per heavy atom. The van der Waals surface area contributed by atoms with Crippen molar-refractivity contribution < 1.29 is 0 Å². The number of hydrazine groups is 1. The van der Waals surface area contributed by atoms with Crippen LogP contribution in [0.3, 0.4) is 0 Å². The monoisotopic (exact) mass is 168 g/mol. The zero-order valence-corrected chi connectivity index (χ0v) is 7.62. The van der Waals surface area contributed by atoms with E-state index >= 15 is 0 Å². The van der Waals surface area contributed by atoms with Crippen LogP contribution in [-0.2, 0) is 6.54 Å². The van der Waals surface area contributed by atoms with Crippen LogP contribution in [0.25, 0.3) is 0 Å². The van der Waals surface area contributed by atoms with E-state index < -0.39 is 0 Å². The van der Waals surface area contributed by atoms with Gasteiger partial charge in [0.05, 0.1) is 11.7 Å². The average Bonchev–Trinajstić information content (AvgIpc) is 2.55. The first-order valence-corrected chi connectivity index (χ1v) is 4.31. The molecular weight excluding hydrogens is 152 g/mol. The molecule has 0 bridgehead atoms. The summed E-state index contributed by atoms with van der Waals surface area (Å²) < 4.78 is 1.95. The molecule has 0 aliphatic heterocycles. The zero-order chi connectivity index (χ0) is 8.97. The van der Waals surface area contributed by atoms with Crippen molar-refractivity contribution in [1.29, 1.82) is 0 Å². The topological polar surface area (TPSA) is 55.9 Å². The Morgan fingerprint density at radius 3 is 2.92 bits per heavy atom. The van der Waals surface area contributed by atoms with Gasteiger partial charge in [-0.1, -0.05) is 6.92 Å². The second kappa shape index (κ2) is 4.23. The van der Waals surface area contributed by atoms with Crippen LogP contribution >= 0.6 is 0 Å². The molecule has 0 aliphatic rings. The predicted molar refractivity (Wildman–Crippen MR) is 48.3 cm³/mol. The summed E-state index contributed by atoms with van der Waals surface area (Å²) in [4.78, 5) is 0. The molecule has 0 saturated heterocycles. The molecule has 0 amide bonds. The van der Waals surface area contributed by atoms with Gasteiger partial charge in [0.15, 0.2) is 0 Å². The number of nitrogens with one attached hydrogen (secondary N) is 1. The van der Waals surface area contributed by atoms with E-state index in [4.69, 9.17) is 5.84 Å². The first-order chi connectivity index (χ1) is 5.83. The van der Waals surface area contributed by atoms with E-state index in [1.807, 2.05) is 10.7 Å². The van der Waals surface area contributed by atoms with Crippen molar-refractivity contribution in [3.05, 3.63) is 18.0 Å². The molecule has 1 rings (SSSR count). The number of rotatable bonds is 4. The SMILES string of the molecule is CCC(NN)c1ccnn1CC. The highest BCUT2D eigenvalue weighted by molar-refractivity contribution is 5.06. The first-order valence-electron chi connectivity index (χ1n) is 4.31. The molecule has 0 aliphatic carbocycles. The van der Waals surface area contributed by atoms with E-state index in [0.717, 1.165) is 18.7 Å². The quantitative estimate of drug-likeness (QED) is 0.517. The standard InChI is InChI=1S/C8H16N4/c1-3-7(11-9)8-5-6-10-12(8)4-2/h5-7,11H,3-4,9H2,1-2H3. The fraction of sp³-hybridized carbons (Fsp3) is 0.625. The van der Waals surface area contributed by atoms with Gasteiger partial charge in [-0.15, -0.1) is 0 Å². The fourth-order valence-corrected chi connectivity index (χ4v) is 1.32. The minimum atomic E-state index is 0.215. The van der Waals surface area contributed by atoms with Crippen molar-refractivity contribution >= 4 is 0 Å². The van der Waals surface area contributed by atoms with E-state index in [0.29, 0.717) is 0 Å². The molecule has 0 aromatic carbocycles. The number of aryl methyl sites for hydroxylation is 1. The summed E-state index contributed by atoms with van der Waals surface area (Å²) in [5.41, 5.74) is 3.92. The van der Waals surface area contributed by atoms with Crippen LogP contribution in [0, 0.1) is 0 Å². The maximum absolute atomic E-state index is 5.41. The lowest BCUT2D eigenvalue weighted by atomic mass is 10.1. The summed E-state index contributed by atoms with van der Waals surface area (Å²) in [5.74, 6) is 5.41. The van der Waals surface area contributed by atoms with Crippen LogP contribution in [-0.4, -0.2) is 9.78 Å². The summed E-state index contributed by atoms with van der Waals surface area (Å²) in [6.07, 6.45) is 2.78. The second-order valence-electron chi connectivity index (χ2n) is 2.70. The number of nitrogens with two attached hydrogens (primary N) is 1. The van der Waals surface area contributed by atoms with Crippen molar-refractivity contribution in [2.24, 2.45) is 5.84 Å². The van der Waals surface area contributed by atoms with E-state index in [1.165, 1.54) is 0 Å². The van der Waals surface area contributed by atoms with Crippen LogP contribution in [0.4, 0.5) is 0 Å². The highest BCUT2D eigenvalue weighted by atomic mass is 15.3. The highest BCUT2D eigenvalue weighted by Gasteiger charge is 2.10. The van der Waals surface area contributed by atoms with Gasteiger partial charge in [-0.2, -0.15) is 5.10 Å². The van der Waals surface area contributed by atoms with Gasteiger partial charge in [-0.3, -0.25) is 16.0 Å². The third kappa shape index (κ3) is 1.65. The number of hydrogen-bond acceptors (Lipinski definition) is 3. The summed E-state index contributed by atoms with van der Waals surface area (Å²) >= 11 is 0. The molecule has 3 N–H and O–H groups in total. The maximum Gasteiger partial charge on any atom is 0.0626 e. The first kappa shape index (κ1) is 9.22. The molecule has 1 heterocycles. The van der Waals surface area contributed by atoms with Crippen molar-refractivity contribution in [2.45, 2.75) is 32.9 Å². The lowest BCUT2D eigenvalue weighted by Gasteiger charge is -2.14. The van der Waals surface area contributed by atoms with E-state index in [1.54, 1.807) is 6.20 Å². The average molecular weight is 168 g/mol. The molecule has 1 aromatic heterocycles. The number of nitrogens with zero attached hydrogens (tertiary/aromatic N) is 2. The van der Waals surface area contributed by atoms with Gasteiger partial charge in [0.2, 0.25) is 0 Å². The number of hydrogen-bond donors (Lipinski definition) is 2. The van der Waals surface area contributed by atoms with Crippen LogP contribution in [0.15, 0.2) is 12.3 Å². The Bertz CT molecular complexity index is 227. The Hall–Kier alpha value is -0.870. The third-order valence-corrected chi connectivity index (χ3v) is 2.02. The number of aromatic nitrogens is 2. The normalized spacial score (nSPS) is 13.2. The fourth-order valence-electron chi connectivity index (χ4n) is 1.32. The van der Waals surface area contributed by atoms with E-state index in [9.17, 15) is 0 Å². The molecule has 1 aromatic rings. The van der Waals surface area contributed by atoms with Gasteiger partial charge in [0.1, 0.15) is 0 Å². The summed E-state index contributed by atoms with van der Waals surface area (Å²) in [5, 5.41) is 4.17. The van der Waals surface area contributed by atoms with Crippen LogP contribution < -0.4 is 11.3 Å². The molecule has 4 heteroatoms. The minimum Gasteiger partial charge on any atom is -0.271 e. The van der Waals surface area contributed by atoms with Crippen molar-refractivity contribution in [2.75, 3.05) is 0 Å². The molecule has 0 radical (unpaired) electrons. The van der Waals surface area contributed by atoms with Crippen molar-refractivity contribution in [3.8, 4) is 0 Å². The largest absolute Gasteiger partial charge is 0.271 e. The van der Waals surface area contributed by atoms with Gasteiger partial charge < -0.3 is 0 Å². The highest BCUT2D eigenvalue weighted by Crippen LogP contribution is 2.14. The molecule has 4 nitrogen and oxygen atoms in total. The van der Waals surface area contributed by atoms with E-state index in [2.05, 4.69) is 24.4 Å². The Kier molecular flexibility index (Phi) is 3.25. The third-order valence-electron chi connectivity index (χ3n) is 2.02. The molecule has 0 fully saturated rings. The summed E-state index contributed by atoms with van der Waals surface area (Å²) in [6, 6.07) is 2.21. The van der Waals surface area contributed by atoms with Gasteiger partial charge in [0, 0.05) is 12.7 Å². The second-order valence-corrected chi connectivity index (χ2v) is 2.70. The van der Waals surface area contributed by atoms with Gasteiger partial charge in [-0.25, -0.2) is 0 Å². The smallest absolute Gasteiger partial charge is 0.0626 e. The van der Waals surface area contributed by atoms with Gasteiger partial charge >= 0.3 is 0 Å². The Labute approximate surface area is 72.7 Å². The molecule has 12 heavy (non-hydrogen) atoms. The van der Waals surface area contributed by atoms with Crippen LogP contribution in [0.2, 0.25) is 0 Å². The maximum atomic E-state index is 5.41. The molecular formula is C8H16N4.